The number of methoxy groups -OCH3 is 2. The minimum absolute atomic E-state index is 0.217. The zero-order chi connectivity index (χ0) is 13.0. The third kappa shape index (κ3) is 2.58. The molecule has 1 aromatic carbocycles. The SMILES string of the molecule is COc1cc(C=O)cc(OC)c1OC1CCCC1. The van der Waals surface area contributed by atoms with Crippen LogP contribution in [0.4, 0.5) is 0 Å². The van der Waals surface area contributed by atoms with Gasteiger partial charge in [-0.3, -0.25) is 4.79 Å². The lowest BCUT2D eigenvalue weighted by Crippen LogP contribution is -2.12. The van der Waals surface area contributed by atoms with E-state index in [4.69, 9.17) is 14.2 Å². The zero-order valence-corrected chi connectivity index (χ0v) is 10.8. The topological polar surface area (TPSA) is 44.8 Å². The molecule has 0 amide bonds. The van der Waals surface area contributed by atoms with E-state index >= 15 is 0 Å². The molecule has 0 unspecified atom stereocenters. The maximum atomic E-state index is 10.8. The maximum Gasteiger partial charge on any atom is 0.203 e. The third-order valence-electron chi connectivity index (χ3n) is 3.21. The molecule has 0 saturated heterocycles. The second-order valence-electron chi connectivity index (χ2n) is 4.40. The summed E-state index contributed by atoms with van der Waals surface area (Å²) in [5, 5.41) is 0. The van der Waals surface area contributed by atoms with Crippen LogP contribution in [-0.2, 0) is 0 Å². The number of rotatable bonds is 5. The second kappa shape index (κ2) is 5.76. The molecule has 0 aromatic heterocycles. The van der Waals surface area contributed by atoms with Gasteiger partial charge in [0, 0.05) is 5.56 Å². The average Bonchev–Trinajstić information content (AvgIpc) is 2.91. The number of carbonyl (C=O) groups excluding carboxylic acids is 1. The van der Waals surface area contributed by atoms with Crippen LogP contribution >= 0.6 is 0 Å². The van der Waals surface area contributed by atoms with Crippen molar-refractivity contribution in [2.45, 2.75) is 31.8 Å². The summed E-state index contributed by atoms with van der Waals surface area (Å²) in [5.41, 5.74) is 0.516. The molecule has 1 aliphatic rings. The van der Waals surface area contributed by atoms with Crippen LogP contribution < -0.4 is 14.2 Å². The third-order valence-corrected chi connectivity index (χ3v) is 3.21. The van der Waals surface area contributed by atoms with Crippen molar-refractivity contribution in [3.8, 4) is 17.2 Å². The van der Waals surface area contributed by atoms with Crippen LogP contribution in [0.3, 0.4) is 0 Å². The zero-order valence-electron chi connectivity index (χ0n) is 10.8. The molecule has 0 N–H and O–H groups in total. The smallest absolute Gasteiger partial charge is 0.203 e. The van der Waals surface area contributed by atoms with Gasteiger partial charge in [0.25, 0.3) is 0 Å². The first-order valence-corrected chi connectivity index (χ1v) is 6.16. The fourth-order valence-electron chi connectivity index (χ4n) is 2.26. The fraction of sp³-hybridized carbons (Fsp3) is 0.500. The summed E-state index contributed by atoms with van der Waals surface area (Å²) in [7, 11) is 3.12. The fourth-order valence-corrected chi connectivity index (χ4v) is 2.26. The van der Waals surface area contributed by atoms with Crippen molar-refractivity contribution in [3.63, 3.8) is 0 Å². The van der Waals surface area contributed by atoms with Crippen molar-refractivity contribution in [2.75, 3.05) is 14.2 Å². The Kier molecular flexibility index (Phi) is 4.07. The highest BCUT2D eigenvalue weighted by Gasteiger charge is 2.21. The van der Waals surface area contributed by atoms with Gasteiger partial charge in [0.1, 0.15) is 6.29 Å². The van der Waals surface area contributed by atoms with Crippen LogP contribution in [0.5, 0.6) is 17.2 Å². The standard InChI is InChI=1S/C14H18O4/c1-16-12-7-10(9-15)8-13(17-2)14(12)18-11-5-3-4-6-11/h7-9,11H,3-6H2,1-2H3. The summed E-state index contributed by atoms with van der Waals surface area (Å²) in [6, 6.07) is 3.33. The minimum Gasteiger partial charge on any atom is -0.493 e. The van der Waals surface area contributed by atoms with E-state index in [1.807, 2.05) is 0 Å². The van der Waals surface area contributed by atoms with Gasteiger partial charge < -0.3 is 14.2 Å². The first kappa shape index (κ1) is 12.7. The van der Waals surface area contributed by atoms with Gasteiger partial charge in [0.2, 0.25) is 5.75 Å². The molecule has 18 heavy (non-hydrogen) atoms. The Bertz CT molecular complexity index is 397. The normalized spacial score (nSPS) is 15.4. The van der Waals surface area contributed by atoms with Crippen LogP contribution in [0.2, 0.25) is 0 Å². The molecule has 0 bridgehead atoms. The van der Waals surface area contributed by atoms with E-state index in [2.05, 4.69) is 0 Å². The Morgan fingerprint density at radius 1 is 1.11 bits per heavy atom. The summed E-state index contributed by atoms with van der Waals surface area (Å²) >= 11 is 0. The molecule has 0 atom stereocenters. The average molecular weight is 250 g/mol. The van der Waals surface area contributed by atoms with Crippen molar-refractivity contribution < 1.29 is 19.0 Å². The van der Waals surface area contributed by atoms with Crippen LogP contribution in [0.15, 0.2) is 12.1 Å². The highest BCUT2D eigenvalue weighted by atomic mass is 16.5. The molecule has 98 valence electrons. The molecule has 4 heteroatoms. The van der Waals surface area contributed by atoms with Crippen LogP contribution in [0, 0.1) is 0 Å². The molecule has 1 aromatic rings. The monoisotopic (exact) mass is 250 g/mol. The Morgan fingerprint density at radius 2 is 1.67 bits per heavy atom. The van der Waals surface area contributed by atoms with Crippen molar-refractivity contribution in [3.05, 3.63) is 17.7 Å². The van der Waals surface area contributed by atoms with Crippen LogP contribution in [0.25, 0.3) is 0 Å². The van der Waals surface area contributed by atoms with E-state index in [1.54, 1.807) is 26.4 Å². The van der Waals surface area contributed by atoms with Gasteiger partial charge in [-0.2, -0.15) is 0 Å². The van der Waals surface area contributed by atoms with E-state index in [-0.39, 0.29) is 6.10 Å². The molecule has 1 fully saturated rings. The van der Waals surface area contributed by atoms with Gasteiger partial charge in [0.05, 0.1) is 20.3 Å². The number of hydrogen-bond acceptors (Lipinski definition) is 4. The largest absolute Gasteiger partial charge is 0.493 e. The molecule has 0 heterocycles. The summed E-state index contributed by atoms with van der Waals surface area (Å²) in [6.45, 7) is 0. The van der Waals surface area contributed by atoms with E-state index in [0.29, 0.717) is 22.8 Å². The Hall–Kier alpha value is -1.71. The van der Waals surface area contributed by atoms with Gasteiger partial charge >= 0.3 is 0 Å². The highest BCUT2D eigenvalue weighted by Crippen LogP contribution is 2.40. The first-order chi connectivity index (χ1) is 8.78. The summed E-state index contributed by atoms with van der Waals surface area (Å²) in [6.07, 6.45) is 5.49. The van der Waals surface area contributed by atoms with E-state index in [9.17, 15) is 4.79 Å². The number of ether oxygens (including phenoxy) is 3. The minimum atomic E-state index is 0.217. The number of hydrogen-bond donors (Lipinski definition) is 0. The van der Waals surface area contributed by atoms with E-state index in [1.165, 1.54) is 12.8 Å². The Morgan fingerprint density at radius 3 is 2.11 bits per heavy atom. The van der Waals surface area contributed by atoms with Gasteiger partial charge in [0.15, 0.2) is 11.5 Å². The van der Waals surface area contributed by atoms with Gasteiger partial charge in [-0.25, -0.2) is 0 Å². The lowest BCUT2D eigenvalue weighted by atomic mass is 10.2. The molecule has 4 nitrogen and oxygen atoms in total. The molecular weight excluding hydrogens is 232 g/mol. The second-order valence-corrected chi connectivity index (χ2v) is 4.40. The van der Waals surface area contributed by atoms with Crippen molar-refractivity contribution in [2.24, 2.45) is 0 Å². The van der Waals surface area contributed by atoms with Crippen LogP contribution in [-0.4, -0.2) is 26.6 Å². The predicted octanol–water partition coefficient (Wildman–Crippen LogP) is 2.84. The molecule has 1 saturated carbocycles. The molecule has 0 spiro atoms. The van der Waals surface area contributed by atoms with E-state index < -0.39 is 0 Å². The lowest BCUT2D eigenvalue weighted by molar-refractivity contribution is 0.112. The van der Waals surface area contributed by atoms with Gasteiger partial charge in [-0.1, -0.05) is 0 Å². The number of benzene rings is 1. The lowest BCUT2D eigenvalue weighted by Gasteiger charge is -2.18. The Balaban J connectivity index is 2.32. The summed E-state index contributed by atoms with van der Waals surface area (Å²) in [4.78, 5) is 10.8. The molecule has 1 aliphatic carbocycles. The number of carbonyl (C=O) groups is 1. The van der Waals surface area contributed by atoms with Gasteiger partial charge in [-0.05, 0) is 37.8 Å². The maximum absolute atomic E-state index is 10.8. The molecule has 0 aliphatic heterocycles. The number of aldehydes is 1. The molecule has 0 radical (unpaired) electrons. The quantitative estimate of drug-likeness (QED) is 0.754. The van der Waals surface area contributed by atoms with Crippen molar-refractivity contribution in [1.82, 2.24) is 0 Å². The molecule has 2 rings (SSSR count). The predicted molar refractivity (Wildman–Crippen MR) is 67.8 cm³/mol. The molecular formula is C14H18O4. The summed E-state index contributed by atoms with van der Waals surface area (Å²) in [5.74, 6) is 1.68. The van der Waals surface area contributed by atoms with Gasteiger partial charge in [-0.15, -0.1) is 0 Å². The Labute approximate surface area is 107 Å². The highest BCUT2D eigenvalue weighted by molar-refractivity contribution is 5.78. The first-order valence-electron chi connectivity index (χ1n) is 6.16. The van der Waals surface area contributed by atoms with Crippen LogP contribution in [0.1, 0.15) is 36.0 Å². The van der Waals surface area contributed by atoms with E-state index in [0.717, 1.165) is 19.1 Å². The van der Waals surface area contributed by atoms with Crippen molar-refractivity contribution in [1.29, 1.82) is 0 Å². The summed E-state index contributed by atoms with van der Waals surface area (Å²) < 4.78 is 16.5. The van der Waals surface area contributed by atoms with Crippen molar-refractivity contribution >= 4 is 6.29 Å².